The molecule has 150 valence electrons. The average Bonchev–Trinajstić information content (AvgIpc) is 3.14. The fourth-order valence-corrected chi connectivity index (χ4v) is 4.49. The lowest BCUT2D eigenvalue weighted by molar-refractivity contribution is -0.120. The summed E-state index contributed by atoms with van der Waals surface area (Å²) in [4.78, 5) is 25.5. The van der Waals surface area contributed by atoms with Crippen LogP contribution in [-0.2, 0) is 28.9 Å². The standard InChI is InChI=1S/C22H34N2O3/c1-14(2)13-24-15(3)17(9-20(26)23-12-16-7-6-8-27-16)21-18(24)10-22(4,5)11-19(21)25/h14,16H,6-13H2,1-5H3,(H,23,26)/t16-/m1/s1. The third-order valence-electron chi connectivity index (χ3n) is 5.76. The van der Waals surface area contributed by atoms with Crippen molar-refractivity contribution in [3.8, 4) is 0 Å². The van der Waals surface area contributed by atoms with Gasteiger partial charge in [0.15, 0.2) is 5.78 Å². The van der Waals surface area contributed by atoms with Crippen molar-refractivity contribution in [3.63, 3.8) is 0 Å². The summed E-state index contributed by atoms with van der Waals surface area (Å²) in [5.41, 5.74) is 3.93. The van der Waals surface area contributed by atoms with Crippen LogP contribution < -0.4 is 5.32 Å². The lowest BCUT2D eigenvalue weighted by atomic mass is 9.75. The van der Waals surface area contributed by atoms with Crippen LogP contribution in [0.15, 0.2) is 0 Å². The zero-order valence-electron chi connectivity index (χ0n) is 17.5. The molecule has 0 saturated carbocycles. The third-order valence-corrected chi connectivity index (χ3v) is 5.76. The first-order chi connectivity index (χ1) is 12.7. The molecule has 1 aliphatic heterocycles. The molecule has 1 aromatic rings. The number of ether oxygens (including phenoxy) is 1. The smallest absolute Gasteiger partial charge is 0.224 e. The fourth-order valence-electron chi connectivity index (χ4n) is 4.49. The second-order valence-corrected chi connectivity index (χ2v) is 9.45. The quantitative estimate of drug-likeness (QED) is 0.830. The third kappa shape index (κ3) is 4.45. The van der Waals surface area contributed by atoms with Crippen molar-refractivity contribution >= 4 is 11.7 Å². The molecule has 5 heteroatoms. The summed E-state index contributed by atoms with van der Waals surface area (Å²) < 4.78 is 7.88. The summed E-state index contributed by atoms with van der Waals surface area (Å²) in [6.45, 7) is 13.0. The molecule has 27 heavy (non-hydrogen) atoms. The molecule has 1 atom stereocenters. The maximum atomic E-state index is 13.0. The van der Waals surface area contributed by atoms with Gasteiger partial charge in [-0.25, -0.2) is 0 Å². The maximum absolute atomic E-state index is 13.0. The van der Waals surface area contributed by atoms with Gasteiger partial charge in [0.1, 0.15) is 0 Å². The van der Waals surface area contributed by atoms with Gasteiger partial charge in [0, 0.05) is 43.1 Å². The zero-order valence-corrected chi connectivity index (χ0v) is 17.5. The van der Waals surface area contributed by atoms with Crippen LogP contribution in [0.5, 0.6) is 0 Å². The Labute approximate surface area is 162 Å². The molecule has 0 spiro atoms. The molecule has 5 nitrogen and oxygen atoms in total. The number of amides is 1. The van der Waals surface area contributed by atoms with E-state index >= 15 is 0 Å². The minimum absolute atomic E-state index is 0.0178. The first kappa shape index (κ1) is 20.1. The Hall–Kier alpha value is -1.62. The van der Waals surface area contributed by atoms with Crippen LogP contribution in [0.4, 0.5) is 0 Å². The van der Waals surface area contributed by atoms with E-state index in [9.17, 15) is 9.59 Å². The second kappa shape index (κ2) is 7.78. The Bertz CT molecular complexity index is 724. The molecular formula is C22H34N2O3. The molecule has 0 radical (unpaired) electrons. The number of hydrogen-bond donors (Lipinski definition) is 1. The molecule has 1 fully saturated rings. The predicted octanol–water partition coefficient (Wildman–Crippen LogP) is 3.45. The molecule has 1 aromatic heterocycles. The van der Waals surface area contributed by atoms with Crippen molar-refractivity contribution in [2.45, 2.75) is 79.4 Å². The van der Waals surface area contributed by atoms with Crippen LogP contribution in [0.1, 0.15) is 74.3 Å². The van der Waals surface area contributed by atoms with Crippen molar-refractivity contribution in [3.05, 3.63) is 22.5 Å². The van der Waals surface area contributed by atoms with Crippen LogP contribution in [0.25, 0.3) is 0 Å². The largest absolute Gasteiger partial charge is 0.376 e. The summed E-state index contributed by atoms with van der Waals surface area (Å²) in [6, 6.07) is 0. The molecule has 1 amide bonds. The molecule has 1 saturated heterocycles. The van der Waals surface area contributed by atoms with E-state index in [1.807, 2.05) is 0 Å². The number of ketones is 1. The van der Waals surface area contributed by atoms with Gasteiger partial charge in [-0.3, -0.25) is 9.59 Å². The highest BCUT2D eigenvalue weighted by molar-refractivity contribution is 6.01. The van der Waals surface area contributed by atoms with E-state index in [-0.39, 0.29) is 29.6 Å². The minimum Gasteiger partial charge on any atom is -0.376 e. The van der Waals surface area contributed by atoms with Crippen LogP contribution in [-0.4, -0.2) is 35.5 Å². The number of carbonyl (C=O) groups excluding carboxylic acids is 2. The summed E-state index contributed by atoms with van der Waals surface area (Å²) in [6.07, 6.45) is 3.92. The van der Waals surface area contributed by atoms with Crippen molar-refractivity contribution in [1.29, 1.82) is 0 Å². The molecule has 3 rings (SSSR count). The van der Waals surface area contributed by atoms with Crippen LogP contribution in [0.3, 0.4) is 0 Å². The minimum atomic E-state index is -0.0249. The van der Waals surface area contributed by atoms with Crippen molar-refractivity contribution in [1.82, 2.24) is 9.88 Å². The summed E-state index contributed by atoms with van der Waals surface area (Å²) in [5.74, 6) is 0.658. The number of aromatic nitrogens is 1. The molecule has 1 N–H and O–H groups in total. The second-order valence-electron chi connectivity index (χ2n) is 9.45. The number of hydrogen-bond acceptors (Lipinski definition) is 3. The van der Waals surface area contributed by atoms with Gasteiger partial charge in [0.2, 0.25) is 5.91 Å². The van der Waals surface area contributed by atoms with Gasteiger partial charge < -0.3 is 14.6 Å². The van der Waals surface area contributed by atoms with Gasteiger partial charge in [0.25, 0.3) is 0 Å². The molecule has 2 heterocycles. The molecule has 0 aromatic carbocycles. The Kier molecular flexibility index (Phi) is 5.80. The summed E-state index contributed by atoms with van der Waals surface area (Å²) in [7, 11) is 0. The number of carbonyl (C=O) groups is 2. The average molecular weight is 375 g/mol. The van der Waals surface area contributed by atoms with Crippen LogP contribution in [0, 0.1) is 18.3 Å². The van der Waals surface area contributed by atoms with Gasteiger partial charge in [-0.2, -0.15) is 0 Å². The molecule has 1 aliphatic carbocycles. The molecule has 0 unspecified atom stereocenters. The van der Waals surface area contributed by atoms with Gasteiger partial charge in [-0.05, 0) is 43.1 Å². The Balaban J connectivity index is 1.85. The van der Waals surface area contributed by atoms with Crippen molar-refractivity contribution in [2.24, 2.45) is 11.3 Å². The Morgan fingerprint density at radius 3 is 2.70 bits per heavy atom. The summed E-state index contributed by atoms with van der Waals surface area (Å²) >= 11 is 0. The SMILES string of the molecule is Cc1c(CC(=O)NC[C@H]2CCCO2)c2c(n1CC(C)C)CC(C)(C)CC2=O. The zero-order chi connectivity index (χ0) is 19.8. The predicted molar refractivity (Wildman–Crippen MR) is 106 cm³/mol. The monoisotopic (exact) mass is 374 g/mol. The maximum Gasteiger partial charge on any atom is 0.224 e. The van der Waals surface area contributed by atoms with Gasteiger partial charge in [0.05, 0.1) is 12.5 Å². The van der Waals surface area contributed by atoms with E-state index in [4.69, 9.17) is 4.74 Å². The normalized spacial score (nSPS) is 21.6. The fraction of sp³-hybridized carbons (Fsp3) is 0.727. The Morgan fingerprint density at radius 2 is 2.07 bits per heavy atom. The first-order valence-corrected chi connectivity index (χ1v) is 10.3. The van der Waals surface area contributed by atoms with E-state index in [1.54, 1.807) is 0 Å². The van der Waals surface area contributed by atoms with Crippen molar-refractivity contribution < 1.29 is 14.3 Å². The van der Waals surface area contributed by atoms with E-state index in [1.165, 1.54) is 0 Å². The first-order valence-electron chi connectivity index (χ1n) is 10.3. The van der Waals surface area contributed by atoms with E-state index in [0.717, 1.165) is 54.9 Å². The number of nitrogens with zero attached hydrogens (tertiary/aromatic N) is 1. The summed E-state index contributed by atoms with van der Waals surface area (Å²) in [5, 5.41) is 3.00. The van der Waals surface area contributed by atoms with E-state index in [0.29, 0.717) is 18.9 Å². The van der Waals surface area contributed by atoms with Crippen molar-refractivity contribution in [2.75, 3.05) is 13.2 Å². The molecule has 2 aliphatic rings. The number of Topliss-reactive ketones (excluding diaryl/α,β-unsaturated/α-hetero) is 1. The van der Waals surface area contributed by atoms with Gasteiger partial charge >= 0.3 is 0 Å². The van der Waals surface area contributed by atoms with E-state index < -0.39 is 0 Å². The highest BCUT2D eigenvalue weighted by Gasteiger charge is 2.37. The van der Waals surface area contributed by atoms with Crippen LogP contribution in [0.2, 0.25) is 0 Å². The van der Waals surface area contributed by atoms with E-state index in [2.05, 4.69) is 44.5 Å². The topological polar surface area (TPSA) is 60.3 Å². The number of nitrogens with one attached hydrogen (secondary N) is 1. The Morgan fingerprint density at radius 1 is 1.33 bits per heavy atom. The molecule has 0 bridgehead atoms. The lowest BCUT2D eigenvalue weighted by Crippen LogP contribution is -2.33. The van der Waals surface area contributed by atoms with Crippen LogP contribution >= 0.6 is 0 Å². The molecular weight excluding hydrogens is 340 g/mol. The lowest BCUT2D eigenvalue weighted by Gasteiger charge is -2.30. The number of rotatable bonds is 6. The highest BCUT2D eigenvalue weighted by Crippen LogP contribution is 2.39. The van der Waals surface area contributed by atoms with Gasteiger partial charge in [-0.1, -0.05) is 27.7 Å². The highest BCUT2D eigenvalue weighted by atomic mass is 16.5. The number of fused-ring (bicyclic) bond motifs is 1. The van der Waals surface area contributed by atoms with Gasteiger partial charge in [-0.15, -0.1) is 0 Å².